The summed E-state index contributed by atoms with van der Waals surface area (Å²) < 4.78 is 17.8. The Balaban J connectivity index is 2.24. The van der Waals surface area contributed by atoms with Crippen LogP contribution in [0.15, 0.2) is 35.1 Å². The van der Waals surface area contributed by atoms with Crippen molar-refractivity contribution in [3.8, 4) is 0 Å². The topological polar surface area (TPSA) is 51.0 Å². The molecule has 0 fully saturated rings. The number of hydrogen-bond acceptors (Lipinski definition) is 4. The third kappa shape index (κ3) is 1.64. The lowest BCUT2D eigenvalue weighted by molar-refractivity contribution is 0.569. The third-order valence-corrected chi connectivity index (χ3v) is 1.48. The van der Waals surface area contributed by atoms with Crippen molar-refractivity contribution in [2.24, 2.45) is 0 Å². The monoisotopic (exact) mass is 179 g/mol. The minimum Gasteiger partial charge on any atom is -0.411 e. The van der Waals surface area contributed by atoms with E-state index in [1.165, 1.54) is 12.5 Å². The molecule has 0 aliphatic heterocycles. The lowest BCUT2D eigenvalue weighted by Gasteiger charge is -2.00. The summed E-state index contributed by atoms with van der Waals surface area (Å²) in [5.74, 6) is -0.360. The van der Waals surface area contributed by atoms with Gasteiger partial charge in [0.15, 0.2) is 0 Å². The summed E-state index contributed by atoms with van der Waals surface area (Å²) in [4.78, 5) is 0. The molecule has 0 saturated carbocycles. The van der Waals surface area contributed by atoms with E-state index in [9.17, 15) is 4.39 Å². The highest BCUT2D eigenvalue weighted by molar-refractivity contribution is 5.52. The fourth-order valence-electron chi connectivity index (χ4n) is 0.905. The average molecular weight is 179 g/mol. The number of halogens is 1. The van der Waals surface area contributed by atoms with E-state index in [1.54, 1.807) is 18.2 Å². The molecule has 1 N–H and O–H groups in total. The summed E-state index contributed by atoms with van der Waals surface area (Å²) in [6, 6.07) is 6.42. The zero-order chi connectivity index (χ0) is 9.10. The van der Waals surface area contributed by atoms with Crippen molar-refractivity contribution in [1.82, 2.24) is 10.2 Å². The fraction of sp³-hybridized carbons (Fsp3) is 0. The van der Waals surface area contributed by atoms with Crippen LogP contribution in [0.4, 0.5) is 16.1 Å². The number of nitrogens with one attached hydrogen (secondary N) is 1. The van der Waals surface area contributed by atoms with Crippen molar-refractivity contribution in [3.63, 3.8) is 0 Å². The Morgan fingerprint density at radius 1 is 1.31 bits per heavy atom. The Labute approximate surface area is 73.4 Å². The van der Waals surface area contributed by atoms with Crippen LogP contribution in [0.3, 0.4) is 0 Å². The second-order valence-electron chi connectivity index (χ2n) is 2.35. The molecular formula is C8H6FN3O. The van der Waals surface area contributed by atoms with Crippen LogP contribution in [0, 0.1) is 5.82 Å². The highest BCUT2D eigenvalue weighted by Gasteiger charge is 2.02. The van der Waals surface area contributed by atoms with Gasteiger partial charge < -0.3 is 9.73 Å². The zero-order valence-corrected chi connectivity index (χ0v) is 6.57. The Morgan fingerprint density at radius 3 is 2.85 bits per heavy atom. The van der Waals surface area contributed by atoms with Crippen molar-refractivity contribution in [2.45, 2.75) is 0 Å². The van der Waals surface area contributed by atoms with Gasteiger partial charge in [-0.05, 0) is 12.1 Å². The van der Waals surface area contributed by atoms with Gasteiger partial charge in [0.1, 0.15) is 5.82 Å². The van der Waals surface area contributed by atoms with Gasteiger partial charge in [0.25, 0.3) is 0 Å². The first kappa shape index (κ1) is 7.72. The quantitative estimate of drug-likeness (QED) is 0.765. The average Bonchev–Trinajstić information content (AvgIpc) is 2.61. The van der Waals surface area contributed by atoms with Gasteiger partial charge in [-0.25, -0.2) is 4.39 Å². The van der Waals surface area contributed by atoms with Gasteiger partial charge in [0.05, 0.1) is 5.69 Å². The maximum Gasteiger partial charge on any atom is 0.319 e. The molecule has 0 radical (unpaired) electrons. The van der Waals surface area contributed by atoms with Gasteiger partial charge in [0.2, 0.25) is 6.39 Å². The van der Waals surface area contributed by atoms with Crippen LogP contribution in [-0.2, 0) is 0 Å². The molecule has 0 atom stereocenters. The molecule has 0 aliphatic carbocycles. The van der Waals surface area contributed by atoms with E-state index in [0.717, 1.165) is 0 Å². The van der Waals surface area contributed by atoms with E-state index in [4.69, 9.17) is 4.42 Å². The first-order valence-corrected chi connectivity index (χ1v) is 3.64. The summed E-state index contributed by atoms with van der Waals surface area (Å²) >= 11 is 0. The molecule has 0 bridgehead atoms. The SMILES string of the molecule is Fc1ccccc1Nc1nnco1. The molecule has 4 nitrogen and oxygen atoms in total. The first-order valence-electron chi connectivity index (χ1n) is 3.64. The van der Waals surface area contributed by atoms with E-state index in [2.05, 4.69) is 15.5 Å². The van der Waals surface area contributed by atoms with Crippen molar-refractivity contribution >= 4 is 11.7 Å². The Kier molecular flexibility index (Phi) is 1.91. The van der Waals surface area contributed by atoms with Crippen molar-refractivity contribution in [1.29, 1.82) is 0 Å². The van der Waals surface area contributed by atoms with E-state index < -0.39 is 0 Å². The Morgan fingerprint density at radius 2 is 2.15 bits per heavy atom. The molecule has 1 aromatic heterocycles. The van der Waals surface area contributed by atoms with Crippen LogP contribution in [0.25, 0.3) is 0 Å². The second kappa shape index (κ2) is 3.22. The summed E-state index contributed by atoms with van der Waals surface area (Å²) in [7, 11) is 0. The molecule has 0 aliphatic rings. The third-order valence-electron chi connectivity index (χ3n) is 1.48. The number of para-hydroxylation sites is 1. The number of hydrogen-bond donors (Lipinski definition) is 1. The lowest BCUT2D eigenvalue weighted by atomic mass is 10.3. The van der Waals surface area contributed by atoms with Gasteiger partial charge in [-0.15, -0.1) is 5.10 Å². The van der Waals surface area contributed by atoms with Gasteiger partial charge in [0, 0.05) is 0 Å². The van der Waals surface area contributed by atoms with Crippen molar-refractivity contribution in [2.75, 3.05) is 5.32 Å². The number of aromatic nitrogens is 2. The van der Waals surface area contributed by atoms with E-state index in [1.807, 2.05) is 0 Å². The number of rotatable bonds is 2. The minimum atomic E-state index is -0.360. The van der Waals surface area contributed by atoms with Gasteiger partial charge in [-0.2, -0.15) is 0 Å². The van der Waals surface area contributed by atoms with E-state index in [-0.39, 0.29) is 11.8 Å². The molecule has 0 saturated heterocycles. The molecule has 1 heterocycles. The molecule has 2 aromatic rings. The maximum atomic E-state index is 13.0. The van der Waals surface area contributed by atoms with Gasteiger partial charge in [-0.1, -0.05) is 17.2 Å². The predicted molar refractivity (Wildman–Crippen MR) is 44.0 cm³/mol. The highest BCUT2D eigenvalue weighted by Crippen LogP contribution is 2.16. The van der Waals surface area contributed by atoms with Crippen LogP contribution in [0.2, 0.25) is 0 Å². The summed E-state index contributed by atoms with van der Waals surface area (Å²) in [5.41, 5.74) is 0.312. The normalized spacial score (nSPS) is 9.92. The molecule has 0 amide bonds. The molecule has 66 valence electrons. The maximum absolute atomic E-state index is 13.0. The van der Waals surface area contributed by atoms with E-state index in [0.29, 0.717) is 5.69 Å². The Bertz CT molecular complexity index is 388. The summed E-state index contributed by atoms with van der Waals surface area (Å²) in [5, 5.41) is 9.64. The molecule has 1 aromatic carbocycles. The molecule has 0 unspecified atom stereocenters. The molecule has 5 heteroatoms. The van der Waals surface area contributed by atoms with Crippen LogP contribution in [0.5, 0.6) is 0 Å². The van der Waals surface area contributed by atoms with Crippen LogP contribution < -0.4 is 5.32 Å². The smallest absolute Gasteiger partial charge is 0.319 e. The van der Waals surface area contributed by atoms with Crippen LogP contribution in [-0.4, -0.2) is 10.2 Å². The molecular weight excluding hydrogens is 173 g/mol. The molecule has 2 rings (SSSR count). The molecule has 0 spiro atoms. The standard InChI is InChI=1S/C8H6FN3O/c9-6-3-1-2-4-7(6)11-8-12-10-5-13-8/h1-5H,(H,11,12). The van der Waals surface area contributed by atoms with Crippen LogP contribution in [0.1, 0.15) is 0 Å². The van der Waals surface area contributed by atoms with Gasteiger partial charge >= 0.3 is 6.01 Å². The van der Waals surface area contributed by atoms with Crippen molar-refractivity contribution in [3.05, 3.63) is 36.5 Å². The first-order chi connectivity index (χ1) is 6.36. The summed E-state index contributed by atoms with van der Waals surface area (Å²) in [6.07, 6.45) is 1.17. The number of benzene rings is 1. The minimum absolute atomic E-state index is 0.171. The number of nitrogens with zero attached hydrogens (tertiary/aromatic N) is 2. The summed E-state index contributed by atoms with van der Waals surface area (Å²) in [6.45, 7) is 0. The van der Waals surface area contributed by atoms with Crippen LogP contribution >= 0.6 is 0 Å². The second-order valence-corrected chi connectivity index (χ2v) is 2.35. The van der Waals surface area contributed by atoms with E-state index >= 15 is 0 Å². The Hall–Kier alpha value is -1.91. The number of anilines is 2. The molecule has 13 heavy (non-hydrogen) atoms. The lowest BCUT2D eigenvalue weighted by Crippen LogP contribution is -1.93. The fourth-order valence-corrected chi connectivity index (χ4v) is 0.905. The largest absolute Gasteiger partial charge is 0.411 e. The van der Waals surface area contributed by atoms with Gasteiger partial charge in [-0.3, -0.25) is 0 Å². The highest BCUT2D eigenvalue weighted by atomic mass is 19.1. The predicted octanol–water partition coefficient (Wildman–Crippen LogP) is 1.95. The zero-order valence-electron chi connectivity index (χ0n) is 6.57. The van der Waals surface area contributed by atoms with Crippen molar-refractivity contribution < 1.29 is 8.81 Å².